The van der Waals surface area contributed by atoms with Gasteiger partial charge in [-0.15, -0.1) is 0 Å². The summed E-state index contributed by atoms with van der Waals surface area (Å²) >= 11 is 2.35. The van der Waals surface area contributed by atoms with Crippen LogP contribution in [0.15, 0.2) is 35.9 Å². The summed E-state index contributed by atoms with van der Waals surface area (Å²) in [6.45, 7) is 7.29. The molecule has 118 valence electrons. The summed E-state index contributed by atoms with van der Waals surface area (Å²) in [7, 11) is 1.01. The maximum absolute atomic E-state index is 10.7. The molecule has 1 aliphatic heterocycles. The van der Waals surface area contributed by atoms with Crippen molar-refractivity contribution in [2.24, 2.45) is 0 Å². The van der Waals surface area contributed by atoms with Crippen molar-refractivity contribution >= 4 is 35.4 Å². The average Bonchev–Trinajstić information content (AvgIpc) is 2.51. The summed E-state index contributed by atoms with van der Waals surface area (Å²) in [5, 5.41) is 0. The van der Waals surface area contributed by atoms with E-state index in [0.717, 1.165) is 39.6 Å². The molecule has 1 heterocycles. The van der Waals surface area contributed by atoms with E-state index in [4.69, 9.17) is 0 Å². The third kappa shape index (κ3) is 5.20. The molecule has 0 aliphatic carbocycles. The van der Waals surface area contributed by atoms with Gasteiger partial charge in [0.1, 0.15) is 0 Å². The summed E-state index contributed by atoms with van der Waals surface area (Å²) in [6.07, 6.45) is 5.12. The molecule has 1 aliphatic rings. The SMILES string of the molecule is CC(C)=CCN(c1ccc(I)cc1)C1CCN(CB=O)CC1. The van der Waals surface area contributed by atoms with Crippen LogP contribution in [0.3, 0.4) is 0 Å². The number of anilines is 1. The number of hydrogen-bond donors (Lipinski definition) is 0. The van der Waals surface area contributed by atoms with Crippen LogP contribution in [0.1, 0.15) is 26.7 Å². The van der Waals surface area contributed by atoms with Crippen molar-refractivity contribution in [2.75, 3.05) is 31.0 Å². The Morgan fingerprint density at radius 2 is 1.95 bits per heavy atom. The van der Waals surface area contributed by atoms with Crippen molar-refractivity contribution in [3.8, 4) is 0 Å². The van der Waals surface area contributed by atoms with Gasteiger partial charge in [-0.05, 0) is 0 Å². The molecule has 1 aromatic rings. The van der Waals surface area contributed by atoms with Gasteiger partial charge < -0.3 is 0 Å². The van der Waals surface area contributed by atoms with Gasteiger partial charge >= 0.3 is 148 Å². The molecule has 1 fully saturated rings. The van der Waals surface area contributed by atoms with E-state index in [1.165, 1.54) is 14.8 Å². The minimum atomic E-state index is 0.554. The van der Waals surface area contributed by atoms with E-state index in [2.05, 4.69) is 76.6 Å². The predicted molar refractivity (Wildman–Crippen MR) is 102 cm³/mol. The zero-order valence-electron chi connectivity index (χ0n) is 13.5. The third-order valence-corrected chi connectivity index (χ3v) is 4.90. The molecule has 0 atom stereocenters. The molecule has 1 saturated heterocycles. The molecule has 5 heteroatoms. The van der Waals surface area contributed by atoms with E-state index < -0.39 is 0 Å². The van der Waals surface area contributed by atoms with Gasteiger partial charge in [0, 0.05) is 0 Å². The fourth-order valence-corrected chi connectivity index (χ4v) is 3.26. The molecule has 0 bridgehead atoms. The number of allylic oxidation sites excluding steroid dienone is 1. The van der Waals surface area contributed by atoms with Crippen molar-refractivity contribution in [2.45, 2.75) is 32.7 Å². The number of rotatable bonds is 6. The fraction of sp³-hybridized carbons (Fsp3) is 0.529. The molecule has 2 rings (SSSR count). The molecule has 0 radical (unpaired) electrons. The molecule has 3 nitrogen and oxygen atoms in total. The number of hydrogen-bond acceptors (Lipinski definition) is 3. The van der Waals surface area contributed by atoms with Crippen molar-refractivity contribution in [3.05, 3.63) is 39.5 Å². The van der Waals surface area contributed by atoms with Crippen LogP contribution >= 0.6 is 22.6 Å². The molecule has 22 heavy (non-hydrogen) atoms. The first-order chi connectivity index (χ1) is 10.6. The topological polar surface area (TPSA) is 23.6 Å². The van der Waals surface area contributed by atoms with E-state index in [-0.39, 0.29) is 0 Å². The molecule has 1 aromatic carbocycles. The zero-order chi connectivity index (χ0) is 15.9. The van der Waals surface area contributed by atoms with Crippen LogP contribution in [0.5, 0.6) is 0 Å². The second-order valence-corrected chi connectivity index (χ2v) is 7.35. The third-order valence-electron chi connectivity index (χ3n) is 4.19. The first-order valence-corrected chi connectivity index (χ1v) is 8.99. The van der Waals surface area contributed by atoms with Crippen LogP contribution < -0.4 is 4.90 Å². The van der Waals surface area contributed by atoms with Crippen LogP contribution in [0.25, 0.3) is 0 Å². The summed E-state index contributed by atoms with van der Waals surface area (Å²) in [5.74, 6) is 0. The van der Waals surface area contributed by atoms with Crippen LogP contribution in [0.4, 0.5) is 5.69 Å². The molecule has 0 aromatic heterocycles. The van der Waals surface area contributed by atoms with Crippen LogP contribution in [0, 0.1) is 3.57 Å². The summed E-state index contributed by atoms with van der Waals surface area (Å²) < 4.78 is 11.9. The Morgan fingerprint density at radius 1 is 1.32 bits per heavy atom. The van der Waals surface area contributed by atoms with Crippen molar-refractivity contribution in [1.29, 1.82) is 0 Å². The average molecular weight is 410 g/mol. The number of benzene rings is 1. The van der Waals surface area contributed by atoms with Gasteiger partial charge in [-0.1, -0.05) is 0 Å². The Bertz CT molecular complexity index is 506. The Balaban J connectivity index is 2.09. The van der Waals surface area contributed by atoms with Crippen molar-refractivity contribution in [3.63, 3.8) is 0 Å². The normalized spacial score (nSPS) is 16.1. The second kappa shape index (κ2) is 8.82. The van der Waals surface area contributed by atoms with E-state index in [9.17, 15) is 4.70 Å². The number of nitrogens with zero attached hydrogens (tertiary/aromatic N) is 2. The predicted octanol–water partition coefficient (Wildman–Crippen LogP) is 3.54. The first kappa shape index (κ1) is 17.7. The summed E-state index contributed by atoms with van der Waals surface area (Å²) in [6, 6.07) is 9.34. The minimum absolute atomic E-state index is 0.554. The molecule has 0 amide bonds. The molecule has 0 spiro atoms. The van der Waals surface area contributed by atoms with Crippen LogP contribution in [-0.2, 0) is 4.70 Å². The van der Waals surface area contributed by atoms with E-state index in [0.29, 0.717) is 12.5 Å². The van der Waals surface area contributed by atoms with Gasteiger partial charge in [0.2, 0.25) is 0 Å². The molecular weight excluding hydrogens is 386 g/mol. The van der Waals surface area contributed by atoms with E-state index >= 15 is 0 Å². The van der Waals surface area contributed by atoms with Gasteiger partial charge in [-0.25, -0.2) is 0 Å². The Kier molecular flexibility index (Phi) is 7.08. The molecular formula is C17H24BIN2O. The summed E-state index contributed by atoms with van der Waals surface area (Å²) in [5.41, 5.74) is 2.65. The first-order valence-electron chi connectivity index (χ1n) is 7.91. The monoisotopic (exact) mass is 410 g/mol. The number of piperidine rings is 1. The Labute approximate surface area is 148 Å². The summed E-state index contributed by atoms with van der Waals surface area (Å²) in [4.78, 5) is 4.76. The zero-order valence-corrected chi connectivity index (χ0v) is 15.6. The van der Waals surface area contributed by atoms with Gasteiger partial charge in [-0.3, -0.25) is 0 Å². The maximum atomic E-state index is 10.7. The van der Waals surface area contributed by atoms with Crippen molar-refractivity contribution in [1.82, 2.24) is 4.90 Å². The number of halogens is 1. The molecule has 0 N–H and O–H groups in total. The fourth-order valence-electron chi connectivity index (χ4n) is 2.90. The van der Waals surface area contributed by atoms with Gasteiger partial charge in [0.05, 0.1) is 0 Å². The Morgan fingerprint density at radius 3 is 2.50 bits per heavy atom. The van der Waals surface area contributed by atoms with E-state index in [1.807, 2.05) is 0 Å². The van der Waals surface area contributed by atoms with Gasteiger partial charge in [0.15, 0.2) is 0 Å². The Hall–Kier alpha value is -0.685. The quantitative estimate of drug-likeness (QED) is 0.408. The van der Waals surface area contributed by atoms with Crippen LogP contribution in [-0.4, -0.2) is 44.2 Å². The standard InChI is InChI=1S/C17H24BIN2O/c1-14(2)7-12-21(16-5-3-15(19)4-6-16)17-8-10-20(11-9-17)13-18-22/h3-7,17H,8-13H2,1-2H3. The van der Waals surface area contributed by atoms with Gasteiger partial charge in [-0.2, -0.15) is 0 Å². The molecule has 0 unspecified atom stereocenters. The second-order valence-electron chi connectivity index (χ2n) is 6.11. The number of likely N-dealkylation sites (tertiary alicyclic amines) is 1. The van der Waals surface area contributed by atoms with E-state index in [1.54, 1.807) is 0 Å². The molecule has 0 saturated carbocycles. The van der Waals surface area contributed by atoms with Crippen LogP contribution in [0.2, 0.25) is 0 Å². The van der Waals surface area contributed by atoms with Gasteiger partial charge in [0.25, 0.3) is 0 Å². The van der Waals surface area contributed by atoms with Crippen molar-refractivity contribution < 1.29 is 4.70 Å².